The Morgan fingerprint density at radius 3 is 2.38 bits per heavy atom. The van der Waals surface area contributed by atoms with E-state index in [0.717, 1.165) is 18.7 Å². The lowest BCUT2D eigenvalue weighted by molar-refractivity contribution is -0.120. The Balaban J connectivity index is 2.47. The molecular formula is C15H27N5O. The number of carbonyl (C=O) groups is 1. The highest BCUT2D eigenvalue weighted by atomic mass is 16.2. The third-order valence-electron chi connectivity index (χ3n) is 2.75. The molecule has 1 rings (SSSR count). The first-order valence-electron chi connectivity index (χ1n) is 7.40. The van der Waals surface area contributed by atoms with Crippen molar-refractivity contribution < 1.29 is 4.79 Å². The molecule has 1 aromatic heterocycles. The van der Waals surface area contributed by atoms with Gasteiger partial charge in [-0.05, 0) is 26.3 Å². The number of nitrogens with one attached hydrogen (secondary N) is 2. The number of rotatable bonds is 8. The zero-order valence-corrected chi connectivity index (χ0v) is 13.7. The zero-order valence-electron chi connectivity index (χ0n) is 13.7. The zero-order chi connectivity index (χ0) is 15.8. The van der Waals surface area contributed by atoms with Crippen molar-refractivity contribution in [1.82, 2.24) is 20.6 Å². The molecule has 0 aromatic carbocycles. The van der Waals surface area contributed by atoms with Crippen molar-refractivity contribution in [3.63, 3.8) is 0 Å². The summed E-state index contributed by atoms with van der Waals surface area (Å²) in [5.41, 5.74) is 1.04. The summed E-state index contributed by atoms with van der Waals surface area (Å²) in [4.78, 5) is 22.0. The predicted octanol–water partition coefficient (Wildman–Crippen LogP) is 1.18. The molecule has 0 radical (unpaired) electrons. The molecule has 0 bridgehead atoms. The number of anilines is 1. The van der Waals surface area contributed by atoms with Crippen LogP contribution in [0.15, 0.2) is 12.4 Å². The largest absolute Gasteiger partial charge is 0.352 e. The minimum absolute atomic E-state index is 0.0289. The highest BCUT2D eigenvalue weighted by Crippen LogP contribution is 2.05. The summed E-state index contributed by atoms with van der Waals surface area (Å²) >= 11 is 0. The van der Waals surface area contributed by atoms with Crippen LogP contribution in [0.2, 0.25) is 0 Å². The SMILES string of the molecule is CC(C)CNCc1cnc(N(C)CC(=O)NC(C)C)nc1. The molecule has 0 fully saturated rings. The summed E-state index contributed by atoms with van der Waals surface area (Å²) < 4.78 is 0. The van der Waals surface area contributed by atoms with Gasteiger partial charge in [-0.3, -0.25) is 4.79 Å². The van der Waals surface area contributed by atoms with Gasteiger partial charge in [-0.1, -0.05) is 13.8 Å². The van der Waals surface area contributed by atoms with Crippen LogP contribution in [-0.2, 0) is 11.3 Å². The van der Waals surface area contributed by atoms with Crippen molar-refractivity contribution in [1.29, 1.82) is 0 Å². The molecule has 0 spiro atoms. The van der Waals surface area contributed by atoms with Gasteiger partial charge in [0.25, 0.3) is 0 Å². The average molecular weight is 293 g/mol. The lowest BCUT2D eigenvalue weighted by Crippen LogP contribution is -2.39. The highest BCUT2D eigenvalue weighted by molar-refractivity contribution is 5.80. The second kappa shape index (κ2) is 8.56. The number of aromatic nitrogens is 2. The number of likely N-dealkylation sites (N-methyl/N-ethyl adjacent to an activating group) is 1. The molecule has 6 nitrogen and oxygen atoms in total. The molecule has 1 amide bonds. The summed E-state index contributed by atoms with van der Waals surface area (Å²) in [6, 6.07) is 0.140. The Kier molecular flexibility index (Phi) is 7.08. The van der Waals surface area contributed by atoms with Gasteiger partial charge in [0.1, 0.15) is 0 Å². The van der Waals surface area contributed by atoms with Crippen LogP contribution >= 0.6 is 0 Å². The third kappa shape index (κ3) is 7.04. The molecule has 2 N–H and O–H groups in total. The summed E-state index contributed by atoms with van der Waals surface area (Å²) in [5.74, 6) is 1.15. The van der Waals surface area contributed by atoms with Crippen molar-refractivity contribution in [2.75, 3.05) is 25.0 Å². The first kappa shape index (κ1) is 17.4. The molecule has 118 valence electrons. The highest BCUT2D eigenvalue weighted by Gasteiger charge is 2.10. The third-order valence-corrected chi connectivity index (χ3v) is 2.75. The fraction of sp³-hybridized carbons (Fsp3) is 0.667. The van der Waals surface area contributed by atoms with Gasteiger partial charge in [-0.25, -0.2) is 9.97 Å². The van der Waals surface area contributed by atoms with Crippen molar-refractivity contribution in [2.24, 2.45) is 5.92 Å². The molecule has 0 aliphatic rings. The van der Waals surface area contributed by atoms with Crippen LogP contribution in [0.4, 0.5) is 5.95 Å². The maximum Gasteiger partial charge on any atom is 0.239 e. The number of hydrogen-bond acceptors (Lipinski definition) is 5. The van der Waals surface area contributed by atoms with E-state index in [0.29, 0.717) is 11.9 Å². The van der Waals surface area contributed by atoms with Gasteiger partial charge in [-0.2, -0.15) is 0 Å². The normalized spacial score (nSPS) is 11.0. The van der Waals surface area contributed by atoms with Crippen LogP contribution in [-0.4, -0.2) is 42.1 Å². The van der Waals surface area contributed by atoms with E-state index in [1.807, 2.05) is 20.9 Å². The standard InChI is InChI=1S/C15H27N5O/c1-11(2)6-16-7-13-8-17-15(18-9-13)20(5)10-14(21)19-12(3)4/h8-9,11-12,16H,6-7,10H2,1-5H3,(H,19,21). The van der Waals surface area contributed by atoms with Crippen LogP contribution < -0.4 is 15.5 Å². The molecule has 0 aliphatic heterocycles. The van der Waals surface area contributed by atoms with Crippen LogP contribution in [0.1, 0.15) is 33.3 Å². The maximum atomic E-state index is 11.7. The molecule has 0 aliphatic carbocycles. The van der Waals surface area contributed by atoms with Gasteiger partial charge >= 0.3 is 0 Å². The topological polar surface area (TPSA) is 70.2 Å². The summed E-state index contributed by atoms with van der Waals surface area (Å²) in [6.45, 7) is 10.2. The van der Waals surface area contributed by atoms with E-state index in [1.165, 1.54) is 0 Å². The van der Waals surface area contributed by atoms with Gasteiger partial charge in [0.15, 0.2) is 0 Å². The lowest BCUT2D eigenvalue weighted by Gasteiger charge is -2.17. The predicted molar refractivity (Wildman–Crippen MR) is 85.1 cm³/mol. The minimum Gasteiger partial charge on any atom is -0.352 e. The average Bonchev–Trinajstić information content (AvgIpc) is 2.37. The smallest absolute Gasteiger partial charge is 0.239 e. The van der Waals surface area contributed by atoms with Crippen molar-refractivity contribution >= 4 is 11.9 Å². The van der Waals surface area contributed by atoms with Crippen LogP contribution in [0.3, 0.4) is 0 Å². The molecule has 21 heavy (non-hydrogen) atoms. The minimum atomic E-state index is -0.0289. The monoisotopic (exact) mass is 293 g/mol. The fourth-order valence-corrected chi connectivity index (χ4v) is 1.80. The molecule has 0 saturated carbocycles. The van der Waals surface area contributed by atoms with Gasteiger partial charge in [0, 0.05) is 37.6 Å². The summed E-state index contributed by atoms with van der Waals surface area (Å²) in [6.07, 6.45) is 3.60. The van der Waals surface area contributed by atoms with Gasteiger partial charge in [0.05, 0.1) is 6.54 Å². The summed E-state index contributed by atoms with van der Waals surface area (Å²) in [5, 5.41) is 6.19. The lowest BCUT2D eigenvalue weighted by atomic mass is 10.2. The van der Waals surface area contributed by atoms with E-state index in [2.05, 4.69) is 34.4 Å². The van der Waals surface area contributed by atoms with Crippen LogP contribution in [0, 0.1) is 5.92 Å². The van der Waals surface area contributed by atoms with E-state index >= 15 is 0 Å². The van der Waals surface area contributed by atoms with Gasteiger partial charge < -0.3 is 15.5 Å². The van der Waals surface area contributed by atoms with Crippen molar-refractivity contribution in [2.45, 2.75) is 40.3 Å². The Hall–Kier alpha value is -1.69. The second-order valence-corrected chi connectivity index (χ2v) is 5.99. The van der Waals surface area contributed by atoms with Crippen molar-refractivity contribution in [3.8, 4) is 0 Å². The summed E-state index contributed by atoms with van der Waals surface area (Å²) in [7, 11) is 1.81. The van der Waals surface area contributed by atoms with Crippen molar-refractivity contribution in [3.05, 3.63) is 18.0 Å². The molecule has 0 unspecified atom stereocenters. The van der Waals surface area contributed by atoms with E-state index < -0.39 is 0 Å². The van der Waals surface area contributed by atoms with E-state index in [9.17, 15) is 4.79 Å². The molecule has 0 saturated heterocycles. The first-order valence-corrected chi connectivity index (χ1v) is 7.40. The van der Waals surface area contributed by atoms with E-state index in [1.54, 1.807) is 17.3 Å². The molecular weight excluding hydrogens is 266 g/mol. The number of nitrogens with zero attached hydrogens (tertiary/aromatic N) is 3. The maximum absolute atomic E-state index is 11.7. The van der Waals surface area contributed by atoms with E-state index in [4.69, 9.17) is 0 Å². The fourth-order valence-electron chi connectivity index (χ4n) is 1.80. The number of carbonyl (C=O) groups excluding carboxylic acids is 1. The number of hydrogen-bond donors (Lipinski definition) is 2. The Morgan fingerprint density at radius 2 is 1.86 bits per heavy atom. The quantitative estimate of drug-likeness (QED) is 0.753. The molecule has 0 atom stereocenters. The number of amides is 1. The Bertz CT molecular complexity index is 430. The first-order chi connectivity index (χ1) is 9.88. The van der Waals surface area contributed by atoms with Crippen LogP contribution in [0.25, 0.3) is 0 Å². The molecule has 1 heterocycles. The second-order valence-electron chi connectivity index (χ2n) is 5.99. The molecule has 6 heteroatoms. The Morgan fingerprint density at radius 1 is 1.24 bits per heavy atom. The van der Waals surface area contributed by atoms with Gasteiger partial charge in [0.2, 0.25) is 11.9 Å². The Labute approximate surface area is 127 Å². The van der Waals surface area contributed by atoms with Crippen LogP contribution in [0.5, 0.6) is 0 Å². The van der Waals surface area contributed by atoms with E-state index in [-0.39, 0.29) is 18.5 Å². The van der Waals surface area contributed by atoms with Gasteiger partial charge in [-0.15, -0.1) is 0 Å². The molecule has 1 aromatic rings.